The molecule has 1 heterocycles. The molecule has 0 bridgehead atoms. The van der Waals surface area contributed by atoms with Crippen LogP contribution in [0.1, 0.15) is 45.0 Å². The van der Waals surface area contributed by atoms with Gasteiger partial charge in [0.1, 0.15) is 11.9 Å². The van der Waals surface area contributed by atoms with E-state index in [0.717, 1.165) is 42.8 Å². The summed E-state index contributed by atoms with van der Waals surface area (Å²) in [5.41, 5.74) is 5.19. The number of nitrogens with one attached hydrogen (secondary N) is 1. The van der Waals surface area contributed by atoms with E-state index in [9.17, 15) is 4.79 Å². The third-order valence-electron chi connectivity index (χ3n) is 6.98. The van der Waals surface area contributed by atoms with E-state index in [2.05, 4.69) is 59.9 Å². The minimum absolute atomic E-state index is 0. The van der Waals surface area contributed by atoms with Gasteiger partial charge in [-0.15, -0.1) is 12.4 Å². The van der Waals surface area contributed by atoms with E-state index < -0.39 is 0 Å². The Labute approximate surface area is 219 Å². The van der Waals surface area contributed by atoms with Crippen LogP contribution in [0.5, 0.6) is 5.75 Å². The maximum absolute atomic E-state index is 12.3. The second-order valence-electron chi connectivity index (χ2n) is 9.22. The molecule has 0 unspecified atom stereocenters. The molecule has 0 fully saturated rings. The second kappa shape index (κ2) is 11.6. The summed E-state index contributed by atoms with van der Waals surface area (Å²) in [5, 5.41) is 6.22. The molecule has 2 atom stereocenters. The molecule has 5 rings (SSSR count). The van der Waals surface area contributed by atoms with Gasteiger partial charge in [-0.3, -0.25) is 0 Å². The van der Waals surface area contributed by atoms with Crippen LogP contribution in [0.4, 0.5) is 0 Å². The zero-order valence-corrected chi connectivity index (χ0v) is 21.5. The Morgan fingerprint density at radius 3 is 2.64 bits per heavy atom. The Morgan fingerprint density at radius 2 is 1.78 bits per heavy atom. The first-order valence-electron chi connectivity index (χ1n) is 12.3. The van der Waals surface area contributed by atoms with Crippen molar-refractivity contribution in [2.24, 2.45) is 0 Å². The Morgan fingerprint density at radius 1 is 1.00 bits per heavy atom. The molecule has 4 aromatic rings. The molecule has 0 aromatic heterocycles. The molecule has 0 radical (unpaired) electrons. The normalized spacial score (nSPS) is 16.5. The number of hydrogen-bond acceptors (Lipinski definition) is 4. The topological polar surface area (TPSA) is 47.6 Å². The monoisotopic (exact) mass is 501 g/mol. The van der Waals surface area contributed by atoms with E-state index >= 15 is 0 Å². The van der Waals surface area contributed by atoms with Crippen LogP contribution in [0, 0.1) is 6.92 Å². The van der Waals surface area contributed by atoms with Crippen LogP contribution < -0.4 is 10.1 Å². The number of para-hydroxylation sites is 1. The lowest BCUT2D eigenvalue weighted by molar-refractivity contribution is 0.0599. The fourth-order valence-electron chi connectivity index (χ4n) is 5.12. The molecule has 1 aliphatic rings. The maximum Gasteiger partial charge on any atom is 0.338 e. The number of carbonyl (C=O) groups is 1. The van der Waals surface area contributed by atoms with Crippen molar-refractivity contribution in [1.29, 1.82) is 0 Å². The van der Waals surface area contributed by atoms with Crippen LogP contribution in [-0.4, -0.2) is 32.3 Å². The van der Waals surface area contributed by atoms with Crippen molar-refractivity contribution in [2.45, 2.75) is 31.8 Å². The van der Waals surface area contributed by atoms with Crippen molar-refractivity contribution in [3.05, 3.63) is 113 Å². The van der Waals surface area contributed by atoms with Crippen molar-refractivity contribution < 1.29 is 14.3 Å². The van der Waals surface area contributed by atoms with Crippen LogP contribution >= 0.6 is 12.4 Å². The number of carbonyl (C=O) groups excluding carboxylic acids is 1. The smallest absolute Gasteiger partial charge is 0.338 e. The number of halogens is 1. The Bertz CT molecular complexity index is 1350. The maximum atomic E-state index is 12.3. The fraction of sp³-hybridized carbons (Fsp3) is 0.258. The first-order chi connectivity index (χ1) is 17.1. The summed E-state index contributed by atoms with van der Waals surface area (Å²) < 4.78 is 11.4. The lowest BCUT2D eigenvalue weighted by Gasteiger charge is -2.33. The van der Waals surface area contributed by atoms with Crippen molar-refractivity contribution in [3.63, 3.8) is 0 Å². The predicted molar refractivity (Wildman–Crippen MR) is 148 cm³/mol. The second-order valence-corrected chi connectivity index (χ2v) is 9.22. The molecule has 0 aliphatic carbocycles. The summed E-state index contributed by atoms with van der Waals surface area (Å²) in [6.45, 7) is 3.60. The van der Waals surface area contributed by atoms with Crippen molar-refractivity contribution in [3.8, 4) is 5.75 Å². The van der Waals surface area contributed by atoms with E-state index in [1.165, 1.54) is 29.0 Å². The molecule has 4 aromatic carbocycles. The van der Waals surface area contributed by atoms with Gasteiger partial charge in [-0.2, -0.15) is 0 Å². The minimum Gasteiger partial charge on any atom is -0.489 e. The van der Waals surface area contributed by atoms with Crippen LogP contribution in [0.25, 0.3) is 10.8 Å². The Hall–Kier alpha value is -3.34. The van der Waals surface area contributed by atoms with Gasteiger partial charge >= 0.3 is 5.97 Å². The Balaban J connectivity index is 0.00000304. The highest BCUT2D eigenvalue weighted by atomic mass is 35.5. The molecule has 4 nitrogen and oxygen atoms in total. The molecule has 0 amide bonds. The lowest BCUT2D eigenvalue weighted by atomic mass is 9.83. The van der Waals surface area contributed by atoms with Crippen LogP contribution in [0.15, 0.2) is 84.9 Å². The first kappa shape index (κ1) is 25.7. The zero-order valence-electron chi connectivity index (χ0n) is 20.7. The van der Waals surface area contributed by atoms with Gasteiger partial charge in [-0.1, -0.05) is 72.8 Å². The van der Waals surface area contributed by atoms with E-state index in [0.29, 0.717) is 5.56 Å². The number of esters is 1. The molecule has 186 valence electrons. The molecular formula is C31H32ClNO3. The van der Waals surface area contributed by atoms with Crippen LogP contribution in [-0.2, 0) is 11.2 Å². The summed E-state index contributed by atoms with van der Waals surface area (Å²) in [5.74, 6) is 0.787. The van der Waals surface area contributed by atoms with Crippen LogP contribution in [0.2, 0.25) is 0 Å². The van der Waals surface area contributed by atoms with Gasteiger partial charge in [-0.25, -0.2) is 4.79 Å². The molecule has 0 saturated heterocycles. The minimum atomic E-state index is -0.295. The molecule has 36 heavy (non-hydrogen) atoms. The lowest BCUT2D eigenvalue weighted by Crippen LogP contribution is -2.36. The van der Waals surface area contributed by atoms with Gasteiger partial charge in [0.25, 0.3) is 0 Å². The van der Waals surface area contributed by atoms with Gasteiger partial charge in [-0.05, 0) is 65.9 Å². The van der Waals surface area contributed by atoms with Crippen molar-refractivity contribution in [1.82, 2.24) is 5.32 Å². The number of benzene rings is 4. The number of rotatable bonds is 7. The average molecular weight is 502 g/mol. The van der Waals surface area contributed by atoms with E-state index in [-0.39, 0.29) is 30.4 Å². The number of ether oxygens (including phenoxy) is 2. The largest absolute Gasteiger partial charge is 0.489 e. The number of hydrogen-bond donors (Lipinski definition) is 1. The molecule has 1 N–H and O–H groups in total. The highest BCUT2D eigenvalue weighted by molar-refractivity contribution is 5.91. The molecule has 1 aliphatic heterocycles. The highest BCUT2D eigenvalue weighted by Crippen LogP contribution is 2.40. The molecule has 5 heteroatoms. The average Bonchev–Trinajstić information content (AvgIpc) is 2.90. The van der Waals surface area contributed by atoms with E-state index in [1.807, 2.05) is 37.3 Å². The molecule has 0 saturated carbocycles. The van der Waals surface area contributed by atoms with E-state index in [4.69, 9.17) is 9.47 Å². The van der Waals surface area contributed by atoms with E-state index in [1.54, 1.807) is 0 Å². The highest BCUT2D eigenvalue weighted by Gasteiger charge is 2.29. The van der Waals surface area contributed by atoms with Gasteiger partial charge in [0.05, 0.1) is 12.7 Å². The van der Waals surface area contributed by atoms with Gasteiger partial charge in [0.2, 0.25) is 0 Å². The third-order valence-corrected chi connectivity index (χ3v) is 6.98. The van der Waals surface area contributed by atoms with Gasteiger partial charge < -0.3 is 14.8 Å². The summed E-state index contributed by atoms with van der Waals surface area (Å²) in [6, 6.07) is 29.4. The SMILES string of the molecule is COC(=O)c1cc([C@H]2C[C@H](CNCCc3cccc4ccccc34)Oc3ccccc32)ccc1C.Cl. The number of aryl methyl sites for hydroxylation is 1. The summed E-state index contributed by atoms with van der Waals surface area (Å²) in [6.07, 6.45) is 1.86. The summed E-state index contributed by atoms with van der Waals surface area (Å²) in [4.78, 5) is 12.3. The fourth-order valence-corrected chi connectivity index (χ4v) is 5.12. The standard InChI is InChI=1S/C31H31NO3.ClH/c1-21-14-15-24(18-28(21)31(33)34-2)29-19-25(35-30-13-6-5-12-27(29)30)20-32-17-16-23-10-7-9-22-8-3-4-11-26(22)23;/h3-15,18,25,29,32H,16-17,19-20H2,1-2H3;1H/t25-,29-;/m1./s1. The predicted octanol–water partition coefficient (Wildman–Crippen LogP) is 6.47. The molecular weight excluding hydrogens is 470 g/mol. The summed E-state index contributed by atoms with van der Waals surface area (Å²) in [7, 11) is 1.43. The Kier molecular flexibility index (Phi) is 8.29. The van der Waals surface area contributed by atoms with Gasteiger partial charge in [0, 0.05) is 18.0 Å². The van der Waals surface area contributed by atoms with Crippen LogP contribution in [0.3, 0.4) is 0 Å². The van der Waals surface area contributed by atoms with Gasteiger partial charge in [0.15, 0.2) is 0 Å². The van der Waals surface area contributed by atoms with Crippen molar-refractivity contribution >= 4 is 29.1 Å². The van der Waals surface area contributed by atoms with Crippen molar-refractivity contribution in [2.75, 3.05) is 20.2 Å². The number of methoxy groups -OCH3 is 1. The zero-order chi connectivity index (χ0) is 24.2. The number of fused-ring (bicyclic) bond motifs is 2. The third kappa shape index (κ3) is 5.40. The molecule has 0 spiro atoms. The quantitative estimate of drug-likeness (QED) is 0.233. The first-order valence-corrected chi connectivity index (χ1v) is 12.3. The summed E-state index contributed by atoms with van der Waals surface area (Å²) >= 11 is 0.